The van der Waals surface area contributed by atoms with Crippen LogP contribution in [0.25, 0.3) is 0 Å². The molecule has 1 unspecified atom stereocenters. The van der Waals surface area contributed by atoms with Gasteiger partial charge >= 0.3 is 0 Å². The second-order valence-electron chi connectivity index (χ2n) is 3.40. The van der Waals surface area contributed by atoms with Crippen molar-refractivity contribution in [2.45, 2.75) is 19.9 Å². The van der Waals surface area contributed by atoms with Gasteiger partial charge in [-0.25, -0.2) is 5.48 Å². The van der Waals surface area contributed by atoms with Gasteiger partial charge in [0.05, 0.1) is 13.2 Å². The fourth-order valence-electron chi connectivity index (χ4n) is 1.06. The van der Waals surface area contributed by atoms with Gasteiger partial charge in [-0.1, -0.05) is 13.0 Å². The summed E-state index contributed by atoms with van der Waals surface area (Å²) in [6, 6.07) is -0.458. The van der Waals surface area contributed by atoms with Gasteiger partial charge in [-0.15, -0.1) is 6.58 Å². The first-order chi connectivity index (χ1) is 7.99. The molecule has 0 aliphatic carbocycles. The lowest BCUT2D eigenvalue weighted by Gasteiger charge is -2.12. The summed E-state index contributed by atoms with van der Waals surface area (Å²) >= 11 is 0. The Hall–Kier alpha value is -0.680. The number of carbonyl (C=O) groups excluding carboxylic acids is 1. The van der Waals surface area contributed by atoms with Crippen LogP contribution in [0.1, 0.15) is 13.8 Å². The average Bonchev–Trinajstić information content (AvgIpc) is 2.65. The van der Waals surface area contributed by atoms with Crippen molar-refractivity contribution in [2.75, 3.05) is 25.5 Å². The van der Waals surface area contributed by atoms with Gasteiger partial charge < -0.3 is 10.3 Å². The normalized spacial score (nSPS) is 22.1. The van der Waals surface area contributed by atoms with Crippen molar-refractivity contribution in [3.63, 3.8) is 0 Å². The molecule has 100 valence electrons. The Morgan fingerprint density at radius 1 is 1.71 bits per heavy atom. The second-order valence-corrected chi connectivity index (χ2v) is 6.29. The first-order valence-electron chi connectivity index (χ1n) is 5.49. The quantitative estimate of drug-likeness (QED) is 0.568. The van der Waals surface area contributed by atoms with Crippen LogP contribution in [0.5, 0.6) is 0 Å². The molecule has 1 amide bonds. The summed E-state index contributed by atoms with van der Waals surface area (Å²) in [5.41, 5.74) is 7.25. The Balaban J connectivity index is 0.000000318. The van der Waals surface area contributed by atoms with Crippen LogP contribution in [0, 0.1) is 0 Å². The van der Waals surface area contributed by atoms with Gasteiger partial charge in [0.15, 0.2) is 0 Å². The molecule has 1 aliphatic rings. The third-order valence-corrected chi connectivity index (χ3v) is 4.53. The van der Waals surface area contributed by atoms with Crippen molar-refractivity contribution < 1.29 is 18.7 Å². The molecule has 1 rings (SSSR count). The smallest absolute Gasteiger partial charge is 0.262 e. The lowest BCUT2D eigenvalue weighted by Crippen LogP contribution is -2.31. The van der Waals surface area contributed by atoms with Gasteiger partial charge in [0.25, 0.3) is 5.91 Å². The van der Waals surface area contributed by atoms with Gasteiger partial charge in [-0.2, -0.15) is 0 Å². The van der Waals surface area contributed by atoms with E-state index in [1.165, 1.54) is 0 Å². The monoisotopic (exact) mass is 264 g/mol. The van der Waals surface area contributed by atoms with E-state index in [9.17, 15) is 9.36 Å². The molecule has 2 atom stereocenters. The van der Waals surface area contributed by atoms with Crippen LogP contribution < -0.4 is 11.2 Å². The van der Waals surface area contributed by atoms with Gasteiger partial charge in [0, 0.05) is 12.3 Å². The largest absolute Gasteiger partial charge is 0.329 e. The van der Waals surface area contributed by atoms with Crippen molar-refractivity contribution >= 4 is 13.3 Å². The number of nitrogens with one attached hydrogen (secondary N) is 1. The molecule has 0 aromatic carbocycles. The predicted molar refractivity (Wildman–Crippen MR) is 66.9 cm³/mol. The van der Waals surface area contributed by atoms with Gasteiger partial charge in [-0.3, -0.25) is 14.2 Å². The first-order valence-corrected chi connectivity index (χ1v) is 7.49. The number of nitrogens with two attached hydrogens (primary N) is 1. The topological polar surface area (TPSA) is 90.7 Å². The van der Waals surface area contributed by atoms with E-state index in [1.54, 1.807) is 6.08 Å². The molecule has 1 fully saturated rings. The van der Waals surface area contributed by atoms with Crippen LogP contribution in [-0.2, 0) is 18.7 Å². The average molecular weight is 264 g/mol. The number of carbonyl (C=O) groups is 1. The maximum Gasteiger partial charge on any atom is 0.262 e. The van der Waals surface area contributed by atoms with E-state index in [4.69, 9.17) is 10.3 Å². The van der Waals surface area contributed by atoms with E-state index in [0.717, 1.165) is 0 Å². The number of hydrogen-bond acceptors (Lipinski definition) is 5. The molecule has 7 heteroatoms. The van der Waals surface area contributed by atoms with E-state index >= 15 is 0 Å². The van der Waals surface area contributed by atoms with Crippen LogP contribution in [-0.4, -0.2) is 37.5 Å². The zero-order valence-corrected chi connectivity index (χ0v) is 11.2. The molecule has 17 heavy (non-hydrogen) atoms. The third kappa shape index (κ3) is 6.58. The second kappa shape index (κ2) is 8.42. The first kappa shape index (κ1) is 16.3. The van der Waals surface area contributed by atoms with Gasteiger partial charge in [-0.05, 0) is 6.92 Å². The molecule has 6 nitrogen and oxygen atoms in total. The Kier molecular flexibility index (Phi) is 8.08. The molecule has 1 aliphatic heterocycles. The summed E-state index contributed by atoms with van der Waals surface area (Å²) in [7, 11) is -2.32. The third-order valence-electron chi connectivity index (χ3n) is 2.03. The van der Waals surface area contributed by atoms with Crippen LogP contribution in [0.2, 0.25) is 0 Å². The highest BCUT2D eigenvalue weighted by molar-refractivity contribution is 7.59. The van der Waals surface area contributed by atoms with Crippen molar-refractivity contribution in [2.24, 2.45) is 5.73 Å². The maximum atomic E-state index is 11.5. The Labute approximate surface area is 102 Å². The molecule has 0 spiro atoms. The zero-order chi connectivity index (χ0) is 13.3. The minimum atomic E-state index is -2.32. The van der Waals surface area contributed by atoms with Crippen molar-refractivity contribution in [1.29, 1.82) is 0 Å². The summed E-state index contributed by atoms with van der Waals surface area (Å²) in [5.74, 6) is -0.236. The number of hydrogen-bond donors (Lipinski definition) is 2. The van der Waals surface area contributed by atoms with E-state index in [2.05, 4.69) is 16.9 Å². The van der Waals surface area contributed by atoms with Crippen molar-refractivity contribution in [3.8, 4) is 0 Å². The van der Waals surface area contributed by atoms with E-state index < -0.39 is 13.4 Å². The Morgan fingerprint density at radius 2 is 2.35 bits per heavy atom. The molecule has 1 heterocycles. The van der Waals surface area contributed by atoms with Gasteiger partial charge in [0.1, 0.15) is 6.04 Å². The molecule has 0 saturated carbocycles. The summed E-state index contributed by atoms with van der Waals surface area (Å²) in [5, 5.41) is 0. The lowest BCUT2D eigenvalue weighted by molar-refractivity contribution is -0.124. The van der Waals surface area contributed by atoms with E-state index in [-0.39, 0.29) is 5.91 Å². The predicted octanol–water partition coefficient (Wildman–Crippen LogP) is 0.882. The van der Waals surface area contributed by atoms with E-state index in [1.807, 2.05) is 13.8 Å². The SMILES string of the molecule is C=CCP(=O)(CC)OCC.N[C@@H]1CONC1=O. The van der Waals surface area contributed by atoms with Gasteiger partial charge in [0.2, 0.25) is 7.37 Å². The molecule has 0 aromatic rings. The van der Waals surface area contributed by atoms with Crippen LogP contribution in [0.4, 0.5) is 0 Å². The molecule has 3 N–H and O–H groups in total. The molecule has 1 saturated heterocycles. The lowest BCUT2D eigenvalue weighted by atomic mass is 10.3. The molecule has 0 radical (unpaired) electrons. The highest BCUT2D eigenvalue weighted by Gasteiger charge is 2.19. The number of amides is 1. The standard InChI is InChI=1S/C7H15O2P.C3H6N2O2/c1-4-7-10(8,6-3)9-5-2;4-2-1-7-5-3(2)6/h4H,1,5-7H2,2-3H3;2H,1,4H2,(H,5,6)/t;2-/m.1/s1. The molecular formula is C10H21N2O4P. The maximum absolute atomic E-state index is 11.5. The molecular weight excluding hydrogens is 243 g/mol. The highest BCUT2D eigenvalue weighted by Crippen LogP contribution is 2.45. The Morgan fingerprint density at radius 3 is 2.59 bits per heavy atom. The van der Waals surface area contributed by atoms with Crippen molar-refractivity contribution in [1.82, 2.24) is 5.48 Å². The summed E-state index contributed by atoms with van der Waals surface area (Å²) in [4.78, 5) is 14.7. The number of allylic oxidation sites excluding steroid dienone is 1. The van der Waals surface area contributed by atoms with Crippen LogP contribution in [0.3, 0.4) is 0 Å². The minimum absolute atomic E-state index is 0.236. The molecule has 0 aromatic heterocycles. The fourth-order valence-corrected chi connectivity index (χ4v) is 2.47. The highest BCUT2D eigenvalue weighted by atomic mass is 31.2. The summed E-state index contributed by atoms with van der Waals surface area (Å²) in [6.07, 6.45) is 2.75. The zero-order valence-electron chi connectivity index (χ0n) is 10.3. The number of hydroxylamine groups is 1. The van der Waals surface area contributed by atoms with Crippen molar-refractivity contribution in [3.05, 3.63) is 12.7 Å². The molecule has 0 bridgehead atoms. The summed E-state index contributed by atoms with van der Waals surface area (Å²) in [6.45, 7) is 8.07. The van der Waals surface area contributed by atoms with Crippen LogP contribution in [0.15, 0.2) is 12.7 Å². The van der Waals surface area contributed by atoms with E-state index in [0.29, 0.717) is 25.5 Å². The minimum Gasteiger partial charge on any atom is -0.329 e. The Bertz CT molecular complexity index is 296. The fraction of sp³-hybridized carbons (Fsp3) is 0.700. The number of rotatable bonds is 5. The summed E-state index contributed by atoms with van der Waals surface area (Å²) < 4.78 is 16.6. The van der Waals surface area contributed by atoms with Crippen LogP contribution >= 0.6 is 7.37 Å².